The number of carbonyl (C=O) groups excluding carboxylic acids is 3. The Morgan fingerprint density at radius 3 is 1.69 bits per heavy atom. The molecule has 4 aromatic rings. The number of anilines is 2. The van der Waals surface area contributed by atoms with E-state index in [2.05, 4.69) is 39.3 Å². The Labute approximate surface area is 441 Å². The highest BCUT2D eigenvalue weighted by Crippen LogP contribution is 2.43. The van der Waals surface area contributed by atoms with Crippen molar-refractivity contribution in [3.05, 3.63) is 165 Å². The zero-order chi connectivity index (χ0) is 53.6. The average Bonchev–Trinajstić information content (AvgIpc) is 3.31. The van der Waals surface area contributed by atoms with E-state index in [0.29, 0.717) is 0 Å². The zero-order valence-corrected chi connectivity index (χ0v) is 44.7. The molecule has 4 aromatic carbocycles. The minimum Gasteiger partial charge on any atom is -0.458 e. The number of rotatable bonds is 9. The third kappa shape index (κ3) is 13.1. The molecule has 0 radical (unpaired) electrons. The minimum absolute atomic E-state index is 0. The molecule has 0 saturated carbocycles. The molecule has 15 nitrogen and oxygen atoms in total. The molecule has 2 aliphatic rings. The lowest BCUT2D eigenvalue weighted by Gasteiger charge is -2.40. The van der Waals surface area contributed by atoms with Crippen LogP contribution in [0, 0.1) is 29.2 Å². The van der Waals surface area contributed by atoms with Crippen LogP contribution in [0.1, 0.15) is 59.3 Å². The second-order valence-electron chi connectivity index (χ2n) is 15.2. The molecule has 2 heterocycles. The molecule has 1 N–H and O–H groups in total. The summed E-state index contributed by atoms with van der Waals surface area (Å²) in [6.07, 6.45) is -6.17. The number of esters is 1. The van der Waals surface area contributed by atoms with E-state index in [1.807, 2.05) is 17.1 Å². The van der Waals surface area contributed by atoms with Crippen molar-refractivity contribution in [2.45, 2.75) is 48.1 Å². The van der Waals surface area contributed by atoms with E-state index in [4.69, 9.17) is 16.6 Å². The molecule has 2 atom stereocenters. The predicted octanol–water partition coefficient (Wildman–Crippen LogP) is 10.7. The molecule has 72 heavy (non-hydrogen) atoms. The lowest BCUT2D eigenvalue weighted by molar-refractivity contribution is -0.139. The first-order valence-corrected chi connectivity index (χ1v) is 26.0. The summed E-state index contributed by atoms with van der Waals surface area (Å²) in [6, 6.07) is 15.3. The van der Waals surface area contributed by atoms with Crippen molar-refractivity contribution in [1.29, 1.82) is 10.5 Å². The Kier molecular flexibility index (Phi) is 19.8. The number of amides is 4. The number of nitrogens with zero attached hydrogens (tertiary/aromatic N) is 6. The zero-order valence-electron chi connectivity index (χ0n) is 38.5. The largest absolute Gasteiger partial charge is 0.458 e. The van der Waals surface area contributed by atoms with E-state index in [1.54, 1.807) is 0 Å². The molecular weight excluding hydrogens is 1220 g/mol. The van der Waals surface area contributed by atoms with E-state index >= 15 is 0 Å². The van der Waals surface area contributed by atoms with E-state index in [9.17, 15) is 62.8 Å². The number of halogens is 8. The van der Waals surface area contributed by atoms with Gasteiger partial charge in [-0.05, 0) is 90.6 Å². The molecule has 6 rings (SSSR count). The third-order valence-electron chi connectivity index (χ3n) is 10.6. The van der Waals surface area contributed by atoms with Crippen molar-refractivity contribution < 1.29 is 62.3 Å². The number of hydrogen-bond acceptors (Lipinski definition) is 10. The Morgan fingerprint density at radius 2 is 1.26 bits per heavy atom. The smallest absolute Gasteiger partial charge is 0.416 e. The summed E-state index contributed by atoms with van der Waals surface area (Å²) in [7, 11) is -6.45. The quantitative estimate of drug-likeness (QED) is 0.0419. The highest BCUT2D eigenvalue weighted by Gasteiger charge is 2.42. The summed E-state index contributed by atoms with van der Waals surface area (Å²) in [5, 5.41) is 20.8. The lowest BCUT2D eigenvalue weighted by atomic mass is 9.93. The van der Waals surface area contributed by atoms with Crippen LogP contribution in [0.5, 0.6) is 0 Å². The number of allylic oxidation sites excluding steroid dienone is 2. The van der Waals surface area contributed by atoms with Crippen LogP contribution in [-0.4, -0.2) is 70.9 Å². The number of nitriles is 2. The molecule has 4 amide bonds. The van der Waals surface area contributed by atoms with Gasteiger partial charge < -0.3 is 15.0 Å². The van der Waals surface area contributed by atoms with Crippen molar-refractivity contribution in [2.75, 3.05) is 40.9 Å². The monoisotopic (exact) mass is 1260 g/mol. The molecule has 0 aliphatic carbocycles. The SMILES string of the molecule is C=CCOC(=O)C1=C(C)N(c2cccc(C(F)(F)F)c2)C(=O)NC1c1ccc(C#N)cc1S(C)(=O)=O.CI.I.[C-]#[N+]C1=C(C)N(c2cccc(C(F)(F)F)c2)C(=O)N(C)[C@@H]1c1ccc(C#N)cc1S(C)(=O)=O. The molecular formula is C47H41F6I2N7O8S2. The van der Waals surface area contributed by atoms with Crippen molar-refractivity contribution in [1.82, 2.24) is 10.2 Å². The molecule has 1 unspecified atom stereocenters. The number of nitrogens with one attached hydrogen (secondary N) is 1. The van der Waals surface area contributed by atoms with Gasteiger partial charge in [-0.3, -0.25) is 9.80 Å². The van der Waals surface area contributed by atoms with Gasteiger partial charge in [0.25, 0.3) is 0 Å². The number of urea groups is 2. The first-order chi connectivity index (χ1) is 33.1. The number of hydrogen-bond donors (Lipinski definition) is 1. The van der Waals surface area contributed by atoms with Crippen molar-refractivity contribution in [2.24, 2.45) is 0 Å². The Balaban J connectivity index is 0.000000364. The van der Waals surface area contributed by atoms with E-state index in [0.717, 1.165) is 69.7 Å². The standard InChI is InChI=1S/C24H20F3N3O5S.C22H17F3N4O3S.CH3I.HI/c1-4-10-35-22(31)20-14(2)30(17-7-5-6-16(12-17)24(25,26)27)23(32)29-21(20)18-9-8-15(13-28)11-19(18)36(3,33)34;1-13-19(27-2)20(17-9-8-14(12-26)10-18(17)33(4,31)32)28(3)21(30)29(13)16-7-5-6-15(11-16)22(23,24)25;1-2;/h4-9,11-12,21H,1,10H2,2-3H3,(H,29,32);5-11,20H,1,3-4H3;1H3;1H/t;20-;;/m.1../s1. The fraction of sp³-hybridized carbons (Fsp3) is 0.234. The maximum atomic E-state index is 13.3. The number of sulfone groups is 2. The van der Waals surface area contributed by atoms with E-state index in [-0.39, 0.29) is 96.7 Å². The number of ether oxygens (including phenoxy) is 1. The molecule has 0 fully saturated rings. The van der Waals surface area contributed by atoms with Crippen LogP contribution in [0.4, 0.5) is 47.3 Å². The van der Waals surface area contributed by atoms with Crippen LogP contribution in [0.15, 0.2) is 130 Å². The first kappa shape index (κ1) is 59.8. The Morgan fingerprint density at radius 1 is 0.806 bits per heavy atom. The highest BCUT2D eigenvalue weighted by molar-refractivity contribution is 14.1. The molecule has 0 aromatic heterocycles. The molecule has 0 saturated heterocycles. The van der Waals surface area contributed by atoms with Crippen LogP contribution in [0.3, 0.4) is 0 Å². The van der Waals surface area contributed by atoms with Gasteiger partial charge >= 0.3 is 30.4 Å². The highest BCUT2D eigenvalue weighted by atomic mass is 127. The van der Waals surface area contributed by atoms with Gasteiger partial charge in [0.05, 0.1) is 74.1 Å². The maximum absolute atomic E-state index is 13.3. The van der Waals surface area contributed by atoms with Gasteiger partial charge in [0.2, 0.25) is 5.70 Å². The van der Waals surface area contributed by atoms with E-state index < -0.39 is 73.3 Å². The molecule has 0 bridgehead atoms. The normalized spacial score (nSPS) is 16.1. The molecule has 380 valence electrons. The number of likely N-dealkylation sites (N-methyl/N-ethyl adjacent to an activating group) is 1. The van der Waals surface area contributed by atoms with Gasteiger partial charge in [-0.15, -0.1) is 24.0 Å². The molecule has 2 aliphatic heterocycles. The van der Waals surface area contributed by atoms with Crippen molar-refractivity contribution in [3.8, 4) is 12.1 Å². The summed E-state index contributed by atoms with van der Waals surface area (Å²) >= 11 is 2.15. The predicted molar refractivity (Wildman–Crippen MR) is 272 cm³/mol. The minimum atomic E-state index is -4.68. The fourth-order valence-electron chi connectivity index (χ4n) is 7.43. The summed E-state index contributed by atoms with van der Waals surface area (Å²) in [5.74, 6) is -0.946. The first-order valence-electron chi connectivity index (χ1n) is 20.1. The lowest BCUT2D eigenvalue weighted by Crippen LogP contribution is -2.48. The molecule has 0 spiro atoms. The van der Waals surface area contributed by atoms with Crippen LogP contribution in [0.25, 0.3) is 4.85 Å². The van der Waals surface area contributed by atoms with E-state index in [1.165, 1.54) is 69.4 Å². The van der Waals surface area contributed by atoms with Crippen LogP contribution in [0.2, 0.25) is 0 Å². The van der Waals surface area contributed by atoms with Crippen LogP contribution >= 0.6 is 46.6 Å². The summed E-state index contributed by atoms with van der Waals surface area (Å²) < 4.78 is 134. The average molecular weight is 1260 g/mol. The summed E-state index contributed by atoms with van der Waals surface area (Å²) in [6.45, 7) is 13.7. The van der Waals surface area contributed by atoms with Crippen LogP contribution in [-0.2, 0) is 41.6 Å². The van der Waals surface area contributed by atoms with Crippen molar-refractivity contribution in [3.63, 3.8) is 0 Å². The fourth-order valence-corrected chi connectivity index (χ4v) is 9.33. The van der Waals surface area contributed by atoms with Crippen molar-refractivity contribution >= 4 is 95.6 Å². The Bertz CT molecular complexity index is 3240. The Hall–Kier alpha value is -6.48. The molecule has 25 heteroatoms. The van der Waals surface area contributed by atoms with Gasteiger partial charge in [-0.25, -0.2) is 36.1 Å². The van der Waals surface area contributed by atoms with Gasteiger partial charge in [-0.1, -0.05) is 59.5 Å². The second kappa shape index (κ2) is 23.8. The maximum Gasteiger partial charge on any atom is 0.416 e. The number of benzene rings is 4. The van der Waals surface area contributed by atoms with Gasteiger partial charge in [0.15, 0.2) is 19.7 Å². The summed E-state index contributed by atoms with van der Waals surface area (Å²) in [4.78, 5) is 47.4. The van der Waals surface area contributed by atoms with Crippen LogP contribution < -0.4 is 15.1 Å². The van der Waals surface area contributed by atoms with Gasteiger partial charge in [0, 0.05) is 36.6 Å². The third-order valence-corrected chi connectivity index (χ3v) is 12.9. The topological polar surface area (TPSA) is 202 Å². The van der Waals surface area contributed by atoms with Gasteiger partial charge in [-0.2, -0.15) is 36.9 Å². The van der Waals surface area contributed by atoms with Gasteiger partial charge in [0.1, 0.15) is 6.61 Å². The summed E-state index contributed by atoms with van der Waals surface area (Å²) in [5.41, 5.74) is -2.25. The number of carbonyl (C=O) groups is 3. The number of alkyl halides is 7. The second-order valence-corrected chi connectivity index (χ2v) is 19.2.